The zero-order chi connectivity index (χ0) is 21.2. The van der Waals surface area contributed by atoms with Gasteiger partial charge in [-0.3, -0.25) is 0 Å². The first-order valence-electron chi connectivity index (χ1n) is 8.50. The van der Waals surface area contributed by atoms with Gasteiger partial charge >= 0.3 is 12.2 Å². The van der Waals surface area contributed by atoms with Crippen molar-refractivity contribution in [1.29, 1.82) is 0 Å². The van der Waals surface area contributed by atoms with E-state index >= 15 is 0 Å². The second kappa shape index (κ2) is 8.81. The van der Waals surface area contributed by atoms with Crippen molar-refractivity contribution in [2.45, 2.75) is 25.1 Å². The summed E-state index contributed by atoms with van der Waals surface area (Å²) >= 11 is 17.9. The van der Waals surface area contributed by atoms with Gasteiger partial charge in [-0.2, -0.15) is 13.2 Å². The molecule has 2 heterocycles. The second-order valence-corrected chi connectivity index (χ2v) is 7.59. The maximum Gasteiger partial charge on any atom is 0.433 e. The van der Waals surface area contributed by atoms with Gasteiger partial charge in [0.25, 0.3) is 0 Å². The number of aromatic nitrogens is 2. The topological polar surface area (TPSA) is 70.2 Å². The SMILES string of the molecule is O=C(Nc1c(Cl)cc(Cl)cc1Cl)NC1CCN(c2nccc(C(F)(F)F)n2)CC1. The van der Waals surface area contributed by atoms with Crippen LogP contribution in [-0.4, -0.2) is 35.1 Å². The van der Waals surface area contributed by atoms with E-state index in [1.807, 2.05) is 0 Å². The Bertz CT molecular complexity index is 881. The Balaban J connectivity index is 1.56. The molecule has 0 aliphatic carbocycles. The molecule has 1 aliphatic heterocycles. The Kier molecular flexibility index (Phi) is 6.60. The number of alkyl halides is 3. The van der Waals surface area contributed by atoms with Gasteiger partial charge in [0.1, 0.15) is 5.69 Å². The summed E-state index contributed by atoms with van der Waals surface area (Å²) in [6.45, 7) is 0.795. The molecule has 0 spiro atoms. The molecular formula is C17H15Cl3F3N5O. The minimum absolute atomic E-state index is 0.0162. The number of hydrogen-bond donors (Lipinski definition) is 2. The molecule has 0 radical (unpaired) electrons. The Hall–Kier alpha value is -1.97. The van der Waals surface area contributed by atoms with Gasteiger partial charge in [0.15, 0.2) is 0 Å². The second-order valence-electron chi connectivity index (χ2n) is 6.34. The van der Waals surface area contributed by atoms with Crippen molar-refractivity contribution in [2.24, 2.45) is 0 Å². The van der Waals surface area contributed by atoms with Gasteiger partial charge in [-0.25, -0.2) is 14.8 Å². The summed E-state index contributed by atoms with van der Waals surface area (Å²) in [5, 5.41) is 6.13. The van der Waals surface area contributed by atoms with Crippen molar-refractivity contribution in [3.8, 4) is 0 Å². The average molecular weight is 469 g/mol. The number of rotatable bonds is 3. The van der Waals surface area contributed by atoms with Crippen molar-refractivity contribution < 1.29 is 18.0 Å². The molecule has 1 aromatic heterocycles. The molecule has 1 saturated heterocycles. The van der Waals surface area contributed by atoms with Crippen molar-refractivity contribution >= 4 is 52.5 Å². The van der Waals surface area contributed by atoms with Crippen LogP contribution in [0.15, 0.2) is 24.4 Å². The van der Waals surface area contributed by atoms with E-state index in [-0.39, 0.29) is 27.7 Å². The first kappa shape index (κ1) is 21.7. The highest BCUT2D eigenvalue weighted by Crippen LogP contribution is 2.33. The lowest BCUT2D eigenvalue weighted by Crippen LogP contribution is -2.46. The molecule has 0 unspecified atom stereocenters. The smallest absolute Gasteiger partial charge is 0.341 e. The Labute approximate surface area is 179 Å². The number of halogens is 6. The first-order valence-corrected chi connectivity index (χ1v) is 9.64. The van der Waals surface area contributed by atoms with E-state index in [1.165, 1.54) is 12.1 Å². The normalized spacial score (nSPS) is 15.3. The number of amides is 2. The summed E-state index contributed by atoms with van der Waals surface area (Å²) in [4.78, 5) is 21.4. The van der Waals surface area contributed by atoms with Crippen LogP contribution >= 0.6 is 34.8 Å². The van der Waals surface area contributed by atoms with Crippen molar-refractivity contribution in [1.82, 2.24) is 15.3 Å². The molecule has 3 rings (SSSR count). The molecular weight excluding hydrogens is 454 g/mol. The molecule has 156 valence electrons. The first-order chi connectivity index (χ1) is 13.6. The van der Waals surface area contributed by atoms with Crippen LogP contribution in [0.2, 0.25) is 15.1 Å². The third kappa shape index (κ3) is 5.55. The van der Waals surface area contributed by atoms with E-state index in [9.17, 15) is 18.0 Å². The minimum atomic E-state index is -4.53. The highest BCUT2D eigenvalue weighted by Gasteiger charge is 2.33. The number of nitrogens with one attached hydrogen (secondary N) is 2. The lowest BCUT2D eigenvalue weighted by atomic mass is 10.1. The van der Waals surface area contributed by atoms with Crippen molar-refractivity contribution in [2.75, 3.05) is 23.3 Å². The van der Waals surface area contributed by atoms with Gasteiger partial charge < -0.3 is 15.5 Å². The third-order valence-electron chi connectivity index (χ3n) is 4.29. The molecule has 0 bridgehead atoms. The van der Waals surface area contributed by atoms with Crippen LogP contribution in [-0.2, 0) is 6.18 Å². The quantitative estimate of drug-likeness (QED) is 0.646. The number of urea groups is 1. The van der Waals surface area contributed by atoms with E-state index in [2.05, 4.69) is 20.6 Å². The molecule has 2 N–H and O–H groups in total. The third-order valence-corrected chi connectivity index (χ3v) is 5.11. The number of carbonyl (C=O) groups is 1. The predicted molar refractivity (Wildman–Crippen MR) is 106 cm³/mol. The summed E-state index contributed by atoms with van der Waals surface area (Å²) in [6, 6.07) is 3.07. The van der Waals surface area contributed by atoms with Gasteiger partial charge in [0, 0.05) is 30.4 Å². The van der Waals surface area contributed by atoms with E-state index in [0.29, 0.717) is 31.0 Å². The largest absolute Gasteiger partial charge is 0.433 e. The van der Waals surface area contributed by atoms with Crippen LogP contribution in [0.25, 0.3) is 0 Å². The predicted octanol–water partition coefficient (Wildman–Crippen LogP) is 5.25. The molecule has 0 atom stereocenters. The van der Waals surface area contributed by atoms with Gasteiger partial charge in [-0.05, 0) is 31.0 Å². The van der Waals surface area contributed by atoms with Crippen LogP contribution in [0, 0.1) is 0 Å². The van der Waals surface area contributed by atoms with Crippen molar-refractivity contribution in [3.05, 3.63) is 45.2 Å². The molecule has 2 aromatic rings. The number of hydrogen-bond acceptors (Lipinski definition) is 4. The summed E-state index contributed by atoms with van der Waals surface area (Å²) < 4.78 is 38.4. The Morgan fingerprint density at radius 1 is 1.14 bits per heavy atom. The van der Waals surface area contributed by atoms with Crippen molar-refractivity contribution in [3.63, 3.8) is 0 Å². The van der Waals surface area contributed by atoms with Crippen LogP contribution in [0.3, 0.4) is 0 Å². The average Bonchev–Trinajstić information content (AvgIpc) is 2.65. The number of nitrogens with zero attached hydrogens (tertiary/aromatic N) is 3. The maximum absolute atomic E-state index is 12.8. The highest BCUT2D eigenvalue weighted by molar-refractivity contribution is 6.42. The fourth-order valence-corrected chi connectivity index (χ4v) is 3.79. The van der Waals surface area contributed by atoms with Gasteiger partial charge in [0.2, 0.25) is 5.95 Å². The lowest BCUT2D eigenvalue weighted by molar-refractivity contribution is -0.141. The summed E-state index contributed by atoms with van der Waals surface area (Å²) in [7, 11) is 0. The molecule has 29 heavy (non-hydrogen) atoms. The standard InChI is InChI=1S/C17H15Cl3F3N5O/c18-9-7-11(19)14(12(20)8-9)27-16(29)25-10-2-5-28(6-3-10)15-24-4-1-13(26-15)17(21,22)23/h1,4,7-8,10H,2-3,5-6H2,(H2,25,27,29). The molecule has 2 amide bonds. The molecule has 6 nitrogen and oxygen atoms in total. The summed E-state index contributed by atoms with van der Waals surface area (Å²) in [6.07, 6.45) is -2.42. The Morgan fingerprint density at radius 3 is 2.34 bits per heavy atom. The Morgan fingerprint density at radius 2 is 1.76 bits per heavy atom. The molecule has 1 fully saturated rings. The van der Waals surface area contributed by atoms with Gasteiger partial charge in [-0.1, -0.05) is 34.8 Å². The number of benzene rings is 1. The van der Waals surface area contributed by atoms with E-state index in [0.717, 1.165) is 12.3 Å². The maximum atomic E-state index is 12.8. The monoisotopic (exact) mass is 467 g/mol. The number of piperidine rings is 1. The van der Waals surface area contributed by atoms with E-state index in [1.54, 1.807) is 4.90 Å². The van der Waals surface area contributed by atoms with Crippen LogP contribution < -0.4 is 15.5 Å². The number of carbonyl (C=O) groups excluding carboxylic acids is 1. The van der Waals surface area contributed by atoms with Crippen LogP contribution in [0.1, 0.15) is 18.5 Å². The van der Waals surface area contributed by atoms with Crippen LogP contribution in [0.4, 0.5) is 29.6 Å². The lowest BCUT2D eigenvalue weighted by Gasteiger charge is -2.32. The van der Waals surface area contributed by atoms with Crippen LogP contribution in [0.5, 0.6) is 0 Å². The zero-order valence-corrected chi connectivity index (χ0v) is 17.0. The minimum Gasteiger partial charge on any atom is -0.341 e. The molecule has 1 aliphatic rings. The molecule has 0 saturated carbocycles. The fraction of sp³-hybridized carbons (Fsp3) is 0.353. The van der Waals surface area contributed by atoms with Gasteiger partial charge in [-0.15, -0.1) is 0 Å². The zero-order valence-electron chi connectivity index (χ0n) is 14.7. The molecule has 1 aromatic carbocycles. The highest BCUT2D eigenvalue weighted by atomic mass is 35.5. The van der Waals surface area contributed by atoms with Gasteiger partial charge in [0.05, 0.1) is 15.7 Å². The number of anilines is 2. The van der Waals surface area contributed by atoms with E-state index in [4.69, 9.17) is 34.8 Å². The van der Waals surface area contributed by atoms with E-state index < -0.39 is 17.9 Å². The summed E-state index contributed by atoms with van der Waals surface area (Å²) in [5.74, 6) is 0.0162. The fourth-order valence-electron chi connectivity index (χ4n) is 2.88. The summed E-state index contributed by atoms with van der Waals surface area (Å²) in [5.41, 5.74) is -0.746. The molecule has 12 heteroatoms.